The lowest BCUT2D eigenvalue weighted by molar-refractivity contribution is -0.385. The summed E-state index contributed by atoms with van der Waals surface area (Å²) < 4.78 is 37.3. The minimum atomic E-state index is -4.68. The first-order valence-corrected chi connectivity index (χ1v) is 5.28. The van der Waals surface area contributed by atoms with Crippen LogP contribution in [0.4, 0.5) is 18.9 Å². The number of Topliss-reactive ketones (excluding diaryl/α,β-unsaturated/α-hetero) is 1. The molecule has 0 aliphatic rings. The maximum absolute atomic E-state index is 12.5. The number of benzene rings is 1. The SMILES string of the molecule is CC(=O)c1cc(I)c(C(F)(F)F)cc1[N+](=O)[O-]. The Labute approximate surface area is 107 Å². The lowest BCUT2D eigenvalue weighted by Gasteiger charge is -2.10. The zero-order valence-electron chi connectivity index (χ0n) is 8.34. The van der Waals surface area contributed by atoms with Crippen LogP contribution in [-0.2, 0) is 6.18 Å². The van der Waals surface area contributed by atoms with E-state index >= 15 is 0 Å². The molecule has 0 fully saturated rings. The van der Waals surface area contributed by atoms with Crippen LogP contribution >= 0.6 is 22.6 Å². The molecule has 4 nitrogen and oxygen atoms in total. The summed E-state index contributed by atoms with van der Waals surface area (Å²) in [7, 11) is 0. The van der Waals surface area contributed by atoms with E-state index in [0.29, 0.717) is 6.07 Å². The summed E-state index contributed by atoms with van der Waals surface area (Å²) in [5.74, 6) is -0.650. The molecule has 1 aromatic carbocycles. The van der Waals surface area contributed by atoms with Crippen LogP contribution < -0.4 is 0 Å². The Balaban J connectivity index is 3.57. The van der Waals surface area contributed by atoms with Gasteiger partial charge in [0.1, 0.15) is 0 Å². The first-order valence-electron chi connectivity index (χ1n) is 4.20. The minimum Gasteiger partial charge on any atom is -0.294 e. The largest absolute Gasteiger partial charge is 0.417 e. The highest BCUT2D eigenvalue weighted by Gasteiger charge is 2.36. The fourth-order valence-corrected chi connectivity index (χ4v) is 1.99. The number of nitrogens with zero attached hydrogens (tertiary/aromatic N) is 1. The van der Waals surface area contributed by atoms with Crippen molar-refractivity contribution in [3.63, 3.8) is 0 Å². The molecule has 0 aliphatic heterocycles. The van der Waals surface area contributed by atoms with Gasteiger partial charge in [-0.3, -0.25) is 14.9 Å². The number of alkyl halides is 3. The molecule has 17 heavy (non-hydrogen) atoms. The number of carbonyl (C=O) groups is 1. The van der Waals surface area contributed by atoms with E-state index < -0.39 is 28.1 Å². The molecule has 0 saturated carbocycles. The van der Waals surface area contributed by atoms with Crippen LogP contribution in [0.15, 0.2) is 12.1 Å². The number of carbonyl (C=O) groups excluding carboxylic acids is 1. The highest BCUT2D eigenvalue weighted by molar-refractivity contribution is 14.1. The van der Waals surface area contributed by atoms with Gasteiger partial charge in [0, 0.05) is 9.64 Å². The maximum atomic E-state index is 12.5. The molecule has 0 N–H and O–H groups in total. The Bertz CT molecular complexity index is 499. The molecule has 0 bridgehead atoms. The van der Waals surface area contributed by atoms with Gasteiger partial charge in [0.25, 0.3) is 5.69 Å². The molecule has 0 amide bonds. The average molecular weight is 359 g/mol. The quantitative estimate of drug-likeness (QED) is 0.352. The Kier molecular flexibility index (Phi) is 3.74. The third-order valence-corrected chi connectivity index (χ3v) is 2.86. The maximum Gasteiger partial charge on any atom is 0.417 e. The third-order valence-electron chi connectivity index (χ3n) is 1.97. The lowest BCUT2D eigenvalue weighted by Crippen LogP contribution is -2.11. The molecule has 8 heteroatoms. The monoisotopic (exact) mass is 359 g/mol. The van der Waals surface area contributed by atoms with E-state index in [0.717, 1.165) is 13.0 Å². The molecule has 92 valence electrons. The van der Waals surface area contributed by atoms with Crippen LogP contribution in [0.25, 0.3) is 0 Å². The smallest absolute Gasteiger partial charge is 0.294 e. The highest BCUT2D eigenvalue weighted by Crippen LogP contribution is 2.36. The second-order valence-corrected chi connectivity index (χ2v) is 4.32. The van der Waals surface area contributed by atoms with Crippen molar-refractivity contribution in [2.24, 2.45) is 0 Å². The van der Waals surface area contributed by atoms with E-state index in [1.807, 2.05) is 0 Å². The number of rotatable bonds is 2. The van der Waals surface area contributed by atoms with Gasteiger partial charge in [-0.1, -0.05) is 0 Å². The Hall–Kier alpha value is -1.19. The van der Waals surface area contributed by atoms with Gasteiger partial charge >= 0.3 is 6.18 Å². The van der Waals surface area contributed by atoms with Gasteiger partial charge in [-0.05, 0) is 35.6 Å². The van der Waals surface area contributed by atoms with Crippen LogP contribution in [-0.4, -0.2) is 10.7 Å². The van der Waals surface area contributed by atoms with Crippen molar-refractivity contribution in [1.29, 1.82) is 0 Å². The standard InChI is InChI=1S/C9H5F3INO3/c1-4(15)5-2-7(13)6(9(10,11)12)3-8(5)14(16)17/h2-3H,1H3. The molecule has 0 atom stereocenters. The van der Waals surface area contributed by atoms with Gasteiger partial charge in [-0.25, -0.2) is 0 Å². The van der Waals surface area contributed by atoms with Crippen molar-refractivity contribution >= 4 is 34.1 Å². The zero-order chi connectivity index (χ0) is 13.4. The van der Waals surface area contributed by atoms with Crippen LogP contribution in [0.3, 0.4) is 0 Å². The number of hydrogen-bond donors (Lipinski definition) is 0. The van der Waals surface area contributed by atoms with Gasteiger partial charge in [0.2, 0.25) is 0 Å². The van der Waals surface area contributed by atoms with E-state index in [1.165, 1.54) is 22.6 Å². The number of halogens is 4. The van der Waals surface area contributed by atoms with E-state index in [-0.39, 0.29) is 9.13 Å². The van der Waals surface area contributed by atoms with Crippen molar-refractivity contribution < 1.29 is 22.9 Å². The van der Waals surface area contributed by atoms with E-state index in [4.69, 9.17) is 0 Å². The molecule has 1 rings (SSSR count). The van der Waals surface area contributed by atoms with Crippen LogP contribution in [0.1, 0.15) is 22.8 Å². The van der Waals surface area contributed by atoms with Gasteiger partial charge in [-0.2, -0.15) is 13.2 Å². The van der Waals surface area contributed by atoms with Gasteiger partial charge in [-0.15, -0.1) is 0 Å². The summed E-state index contributed by atoms with van der Waals surface area (Å²) in [6.45, 7) is 1.06. The second kappa shape index (κ2) is 4.59. The Morgan fingerprint density at radius 3 is 2.29 bits per heavy atom. The summed E-state index contributed by atoms with van der Waals surface area (Å²) in [4.78, 5) is 20.7. The summed E-state index contributed by atoms with van der Waals surface area (Å²) in [6, 6.07) is 1.27. The number of ketones is 1. The lowest BCUT2D eigenvalue weighted by atomic mass is 10.1. The average Bonchev–Trinajstić information content (AvgIpc) is 2.14. The molecule has 0 radical (unpaired) electrons. The molecule has 0 spiro atoms. The minimum absolute atomic E-state index is 0.245. The van der Waals surface area contributed by atoms with E-state index in [1.54, 1.807) is 0 Å². The van der Waals surface area contributed by atoms with Crippen molar-refractivity contribution in [1.82, 2.24) is 0 Å². The van der Waals surface area contributed by atoms with Crippen LogP contribution in [0.2, 0.25) is 0 Å². The van der Waals surface area contributed by atoms with E-state index in [2.05, 4.69) is 0 Å². The van der Waals surface area contributed by atoms with Crippen molar-refractivity contribution in [3.05, 3.63) is 36.9 Å². The molecule has 0 saturated heterocycles. The topological polar surface area (TPSA) is 60.2 Å². The van der Waals surface area contributed by atoms with Gasteiger partial charge < -0.3 is 0 Å². The first-order chi connectivity index (χ1) is 7.64. The molecule has 1 aromatic rings. The summed E-state index contributed by atoms with van der Waals surface area (Å²) in [5, 5.41) is 10.6. The Morgan fingerprint density at radius 2 is 1.94 bits per heavy atom. The third kappa shape index (κ3) is 2.93. The van der Waals surface area contributed by atoms with Crippen molar-refractivity contribution in [2.45, 2.75) is 13.1 Å². The summed E-state index contributed by atoms with van der Waals surface area (Å²) in [5.41, 5.74) is -2.27. The molecule has 0 heterocycles. The van der Waals surface area contributed by atoms with E-state index in [9.17, 15) is 28.1 Å². The van der Waals surface area contributed by atoms with Crippen molar-refractivity contribution in [2.75, 3.05) is 0 Å². The highest BCUT2D eigenvalue weighted by atomic mass is 127. The normalized spacial score (nSPS) is 11.4. The van der Waals surface area contributed by atoms with Crippen LogP contribution in [0.5, 0.6) is 0 Å². The number of hydrogen-bond acceptors (Lipinski definition) is 3. The van der Waals surface area contributed by atoms with Gasteiger partial charge in [0.15, 0.2) is 5.78 Å². The summed E-state index contributed by atoms with van der Waals surface area (Å²) >= 11 is 1.39. The zero-order valence-corrected chi connectivity index (χ0v) is 10.5. The fourth-order valence-electron chi connectivity index (χ4n) is 1.21. The molecule has 0 unspecified atom stereocenters. The molecule has 0 aromatic heterocycles. The first kappa shape index (κ1) is 13.9. The van der Waals surface area contributed by atoms with Gasteiger partial charge in [0.05, 0.1) is 16.1 Å². The molecular formula is C9H5F3INO3. The Morgan fingerprint density at radius 1 is 1.41 bits per heavy atom. The fraction of sp³-hybridized carbons (Fsp3) is 0.222. The molecular weight excluding hydrogens is 354 g/mol. The number of nitro groups is 1. The predicted molar refractivity (Wildman–Crippen MR) is 60.8 cm³/mol. The second-order valence-electron chi connectivity index (χ2n) is 3.16. The summed E-state index contributed by atoms with van der Waals surface area (Å²) in [6.07, 6.45) is -4.68. The molecule has 0 aliphatic carbocycles. The predicted octanol–water partition coefficient (Wildman–Crippen LogP) is 3.42. The van der Waals surface area contributed by atoms with Crippen molar-refractivity contribution in [3.8, 4) is 0 Å². The number of nitro benzene ring substituents is 1. The van der Waals surface area contributed by atoms with Crippen LogP contribution in [0, 0.1) is 13.7 Å².